The number of para-hydroxylation sites is 1. The number of amides is 2. The molecule has 0 aliphatic carbocycles. The highest BCUT2D eigenvalue weighted by Crippen LogP contribution is 2.32. The summed E-state index contributed by atoms with van der Waals surface area (Å²) in [7, 11) is 0. The molecule has 2 aromatic carbocycles. The maximum Gasteiger partial charge on any atom is 0.265 e. The standard InChI is InChI=1S/C22H22N4O3/c1-13-18(14(2)26(25-13)17-7-5-4-6-8-17)12-21(27)23-16-9-10-20-19(11-16)24-22(28)15(3)29-20/h4-11,15H,12H2,1-3H3,(H,23,27)(H,24,28). The fraction of sp³-hybridized carbons (Fsp3) is 0.227. The van der Waals surface area contributed by atoms with Crippen LogP contribution in [0.5, 0.6) is 5.75 Å². The lowest BCUT2D eigenvalue weighted by atomic mass is 10.1. The second-order valence-electron chi connectivity index (χ2n) is 7.08. The monoisotopic (exact) mass is 390 g/mol. The van der Waals surface area contributed by atoms with Crippen molar-refractivity contribution < 1.29 is 14.3 Å². The molecule has 2 heterocycles. The summed E-state index contributed by atoms with van der Waals surface area (Å²) in [6.07, 6.45) is -0.323. The lowest BCUT2D eigenvalue weighted by Crippen LogP contribution is -2.34. The van der Waals surface area contributed by atoms with Crippen molar-refractivity contribution in [3.05, 3.63) is 65.5 Å². The number of nitrogens with one attached hydrogen (secondary N) is 2. The van der Waals surface area contributed by atoms with Crippen LogP contribution in [-0.4, -0.2) is 27.7 Å². The normalized spacial score (nSPS) is 15.3. The van der Waals surface area contributed by atoms with Gasteiger partial charge >= 0.3 is 0 Å². The van der Waals surface area contributed by atoms with Gasteiger partial charge in [0.05, 0.1) is 23.5 Å². The first-order valence-electron chi connectivity index (χ1n) is 9.44. The van der Waals surface area contributed by atoms with Gasteiger partial charge < -0.3 is 15.4 Å². The Hall–Kier alpha value is -3.61. The number of fused-ring (bicyclic) bond motifs is 1. The molecule has 1 aromatic heterocycles. The Kier molecular flexibility index (Phi) is 4.80. The Morgan fingerprint density at radius 2 is 1.97 bits per heavy atom. The van der Waals surface area contributed by atoms with E-state index in [2.05, 4.69) is 15.7 Å². The maximum absolute atomic E-state index is 12.6. The number of carbonyl (C=O) groups is 2. The van der Waals surface area contributed by atoms with Gasteiger partial charge in [0.25, 0.3) is 5.91 Å². The van der Waals surface area contributed by atoms with Gasteiger partial charge in [0.2, 0.25) is 5.91 Å². The highest BCUT2D eigenvalue weighted by Gasteiger charge is 2.24. The summed E-state index contributed by atoms with van der Waals surface area (Å²) in [5, 5.41) is 10.3. The van der Waals surface area contributed by atoms with Crippen molar-refractivity contribution in [2.75, 3.05) is 10.6 Å². The van der Waals surface area contributed by atoms with Gasteiger partial charge in [-0.2, -0.15) is 5.10 Å². The molecule has 148 valence electrons. The molecule has 0 saturated carbocycles. The van der Waals surface area contributed by atoms with Gasteiger partial charge in [-0.05, 0) is 51.1 Å². The predicted molar refractivity (Wildman–Crippen MR) is 111 cm³/mol. The van der Waals surface area contributed by atoms with Crippen molar-refractivity contribution >= 4 is 23.2 Å². The molecule has 7 nitrogen and oxygen atoms in total. The number of hydrogen-bond acceptors (Lipinski definition) is 4. The molecule has 29 heavy (non-hydrogen) atoms. The van der Waals surface area contributed by atoms with Crippen LogP contribution in [0.1, 0.15) is 23.9 Å². The summed E-state index contributed by atoms with van der Waals surface area (Å²) < 4.78 is 7.39. The first-order chi connectivity index (χ1) is 13.9. The molecular formula is C22H22N4O3. The summed E-state index contributed by atoms with van der Waals surface area (Å²) in [5.74, 6) is 0.228. The molecule has 0 bridgehead atoms. The van der Waals surface area contributed by atoms with E-state index < -0.39 is 6.10 Å². The Morgan fingerprint density at radius 3 is 2.72 bits per heavy atom. The fourth-order valence-corrected chi connectivity index (χ4v) is 3.40. The number of aryl methyl sites for hydroxylation is 1. The van der Waals surface area contributed by atoms with E-state index in [0.29, 0.717) is 17.1 Å². The second kappa shape index (κ2) is 7.43. The molecule has 7 heteroatoms. The number of benzene rings is 2. The number of anilines is 2. The summed E-state index contributed by atoms with van der Waals surface area (Å²) in [6.45, 7) is 5.55. The van der Waals surface area contributed by atoms with Crippen LogP contribution >= 0.6 is 0 Å². The fourth-order valence-electron chi connectivity index (χ4n) is 3.40. The van der Waals surface area contributed by atoms with E-state index in [4.69, 9.17) is 4.74 Å². The SMILES string of the molecule is Cc1nn(-c2ccccc2)c(C)c1CC(=O)Nc1ccc2c(c1)NC(=O)C(C)O2. The molecule has 0 fully saturated rings. The molecule has 1 unspecified atom stereocenters. The zero-order valence-corrected chi connectivity index (χ0v) is 16.5. The van der Waals surface area contributed by atoms with Crippen LogP contribution in [0.15, 0.2) is 48.5 Å². The second-order valence-corrected chi connectivity index (χ2v) is 7.08. The van der Waals surface area contributed by atoms with Crippen molar-refractivity contribution in [2.45, 2.75) is 33.3 Å². The third-order valence-corrected chi connectivity index (χ3v) is 4.97. The average molecular weight is 390 g/mol. The topological polar surface area (TPSA) is 85.3 Å². The quantitative estimate of drug-likeness (QED) is 0.715. The lowest BCUT2D eigenvalue weighted by Gasteiger charge is -2.23. The summed E-state index contributed by atoms with van der Waals surface area (Å²) >= 11 is 0. The number of hydrogen-bond donors (Lipinski definition) is 2. The molecular weight excluding hydrogens is 368 g/mol. The number of aromatic nitrogens is 2. The van der Waals surface area contributed by atoms with E-state index >= 15 is 0 Å². The molecule has 0 saturated heterocycles. The smallest absolute Gasteiger partial charge is 0.265 e. The van der Waals surface area contributed by atoms with E-state index in [1.54, 1.807) is 25.1 Å². The van der Waals surface area contributed by atoms with Gasteiger partial charge in [0, 0.05) is 16.9 Å². The molecule has 3 aromatic rings. The lowest BCUT2D eigenvalue weighted by molar-refractivity contribution is -0.122. The Labute approximate surface area is 168 Å². The van der Waals surface area contributed by atoms with Gasteiger partial charge in [0.15, 0.2) is 6.10 Å². The predicted octanol–water partition coefficient (Wildman–Crippen LogP) is 3.39. The number of carbonyl (C=O) groups excluding carboxylic acids is 2. The summed E-state index contributed by atoms with van der Waals surface area (Å²) in [5.41, 5.74) is 4.76. The Morgan fingerprint density at radius 1 is 1.21 bits per heavy atom. The van der Waals surface area contributed by atoms with Crippen LogP contribution in [0.25, 0.3) is 5.69 Å². The van der Waals surface area contributed by atoms with Gasteiger partial charge in [-0.25, -0.2) is 4.68 Å². The van der Waals surface area contributed by atoms with Crippen LogP contribution in [0.2, 0.25) is 0 Å². The van der Waals surface area contributed by atoms with E-state index in [-0.39, 0.29) is 18.2 Å². The zero-order chi connectivity index (χ0) is 20.5. The van der Waals surface area contributed by atoms with Crippen LogP contribution < -0.4 is 15.4 Å². The molecule has 4 rings (SSSR count). The van der Waals surface area contributed by atoms with Crippen molar-refractivity contribution in [1.82, 2.24) is 9.78 Å². The van der Waals surface area contributed by atoms with Crippen molar-refractivity contribution in [3.8, 4) is 11.4 Å². The Balaban J connectivity index is 1.50. The van der Waals surface area contributed by atoms with Crippen molar-refractivity contribution in [2.24, 2.45) is 0 Å². The van der Waals surface area contributed by atoms with E-state index in [1.807, 2.05) is 48.9 Å². The third-order valence-electron chi connectivity index (χ3n) is 4.97. The van der Waals surface area contributed by atoms with Crippen LogP contribution in [0.4, 0.5) is 11.4 Å². The number of rotatable bonds is 4. The summed E-state index contributed by atoms with van der Waals surface area (Å²) in [6, 6.07) is 15.0. The molecule has 2 amide bonds. The third kappa shape index (κ3) is 3.71. The van der Waals surface area contributed by atoms with Gasteiger partial charge in [0.1, 0.15) is 5.75 Å². The molecule has 1 aliphatic heterocycles. The summed E-state index contributed by atoms with van der Waals surface area (Å²) in [4.78, 5) is 24.4. The minimum absolute atomic E-state index is 0.153. The minimum Gasteiger partial charge on any atom is -0.479 e. The van der Waals surface area contributed by atoms with E-state index in [0.717, 1.165) is 22.6 Å². The first-order valence-corrected chi connectivity index (χ1v) is 9.44. The van der Waals surface area contributed by atoms with E-state index in [9.17, 15) is 9.59 Å². The minimum atomic E-state index is -0.532. The number of ether oxygens (including phenoxy) is 1. The highest BCUT2D eigenvalue weighted by molar-refractivity contribution is 5.99. The molecule has 2 N–H and O–H groups in total. The van der Waals surface area contributed by atoms with Gasteiger partial charge in [-0.15, -0.1) is 0 Å². The van der Waals surface area contributed by atoms with Crippen molar-refractivity contribution in [1.29, 1.82) is 0 Å². The van der Waals surface area contributed by atoms with Gasteiger partial charge in [-0.1, -0.05) is 18.2 Å². The van der Waals surface area contributed by atoms with Crippen LogP contribution in [0, 0.1) is 13.8 Å². The molecule has 0 radical (unpaired) electrons. The van der Waals surface area contributed by atoms with Gasteiger partial charge in [-0.3, -0.25) is 9.59 Å². The molecule has 1 atom stereocenters. The van der Waals surface area contributed by atoms with Crippen LogP contribution in [0.3, 0.4) is 0 Å². The average Bonchev–Trinajstić information content (AvgIpc) is 2.98. The van der Waals surface area contributed by atoms with Crippen molar-refractivity contribution in [3.63, 3.8) is 0 Å². The molecule has 0 spiro atoms. The Bertz CT molecular complexity index is 1090. The first kappa shape index (κ1) is 18.7. The number of nitrogens with zero attached hydrogens (tertiary/aromatic N) is 2. The zero-order valence-electron chi connectivity index (χ0n) is 16.5. The van der Waals surface area contributed by atoms with Crippen LogP contribution in [-0.2, 0) is 16.0 Å². The maximum atomic E-state index is 12.6. The van der Waals surface area contributed by atoms with E-state index in [1.165, 1.54) is 0 Å². The largest absolute Gasteiger partial charge is 0.479 e. The molecule has 1 aliphatic rings. The highest BCUT2D eigenvalue weighted by atomic mass is 16.5.